The number of aliphatic hydroxyl groups excluding tert-OH is 1. The van der Waals surface area contributed by atoms with Crippen molar-refractivity contribution in [3.63, 3.8) is 0 Å². The minimum absolute atomic E-state index is 0.0433. The van der Waals surface area contributed by atoms with Crippen molar-refractivity contribution >= 4 is 16.9 Å². The van der Waals surface area contributed by atoms with Crippen molar-refractivity contribution in [2.24, 2.45) is 5.41 Å². The standard InChI is InChI=1S/C15H18FN3O/c1-3-7-15(2,10-20)9-18-13-8-17-14-11(16)5-4-6-12(14)19-13/h3-6,8,20H,1,7,9-10H2,2H3,(H,18,19). The summed E-state index contributed by atoms with van der Waals surface area (Å²) in [6, 6.07) is 4.67. The molecule has 0 aliphatic carbocycles. The molecule has 1 unspecified atom stereocenters. The van der Waals surface area contributed by atoms with Crippen LogP contribution in [0.25, 0.3) is 11.0 Å². The largest absolute Gasteiger partial charge is 0.396 e. The Labute approximate surface area is 117 Å². The van der Waals surface area contributed by atoms with Gasteiger partial charge in [0.15, 0.2) is 5.82 Å². The van der Waals surface area contributed by atoms with Crippen molar-refractivity contribution in [2.45, 2.75) is 13.3 Å². The third-order valence-corrected chi connectivity index (χ3v) is 3.24. The monoisotopic (exact) mass is 275 g/mol. The number of halogens is 1. The van der Waals surface area contributed by atoms with Crippen molar-refractivity contribution in [1.29, 1.82) is 0 Å². The van der Waals surface area contributed by atoms with E-state index in [2.05, 4.69) is 21.9 Å². The van der Waals surface area contributed by atoms with E-state index in [-0.39, 0.29) is 23.4 Å². The van der Waals surface area contributed by atoms with Gasteiger partial charge in [-0.25, -0.2) is 14.4 Å². The van der Waals surface area contributed by atoms with Crippen molar-refractivity contribution in [3.05, 3.63) is 42.9 Å². The average Bonchev–Trinajstić information content (AvgIpc) is 2.46. The molecule has 1 aromatic heterocycles. The van der Waals surface area contributed by atoms with E-state index < -0.39 is 0 Å². The number of aromatic nitrogens is 2. The fourth-order valence-electron chi connectivity index (χ4n) is 1.94. The fourth-order valence-corrected chi connectivity index (χ4v) is 1.94. The van der Waals surface area contributed by atoms with Crippen molar-refractivity contribution < 1.29 is 9.50 Å². The van der Waals surface area contributed by atoms with Gasteiger partial charge < -0.3 is 10.4 Å². The molecule has 2 N–H and O–H groups in total. The van der Waals surface area contributed by atoms with Crippen LogP contribution in [0, 0.1) is 11.2 Å². The van der Waals surface area contributed by atoms with Crippen LogP contribution in [0.5, 0.6) is 0 Å². The van der Waals surface area contributed by atoms with Crippen LogP contribution in [0.2, 0.25) is 0 Å². The minimum Gasteiger partial charge on any atom is -0.396 e. The number of nitrogens with zero attached hydrogens (tertiary/aromatic N) is 2. The zero-order chi connectivity index (χ0) is 14.6. The molecular formula is C15H18FN3O. The maximum Gasteiger partial charge on any atom is 0.151 e. The molecule has 0 bridgehead atoms. The maximum absolute atomic E-state index is 13.5. The summed E-state index contributed by atoms with van der Waals surface area (Å²) in [5.41, 5.74) is 0.457. The molecule has 0 aliphatic rings. The number of anilines is 1. The molecule has 20 heavy (non-hydrogen) atoms. The molecule has 2 aromatic rings. The summed E-state index contributed by atoms with van der Waals surface area (Å²) < 4.78 is 13.5. The van der Waals surface area contributed by atoms with E-state index in [9.17, 15) is 9.50 Å². The topological polar surface area (TPSA) is 58.0 Å². The first-order valence-electron chi connectivity index (χ1n) is 6.45. The van der Waals surface area contributed by atoms with Gasteiger partial charge in [0.05, 0.1) is 18.3 Å². The molecule has 4 nitrogen and oxygen atoms in total. The first kappa shape index (κ1) is 14.4. The van der Waals surface area contributed by atoms with Crippen molar-refractivity contribution in [1.82, 2.24) is 9.97 Å². The van der Waals surface area contributed by atoms with Crippen LogP contribution in [0.15, 0.2) is 37.1 Å². The normalized spacial score (nSPS) is 13.9. The number of para-hydroxylation sites is 1. The van der Waals surface area contributed by atoms with E-state index in [0.29, 0.717) is 24.3 Å². The number of nitrogens with one attached hydrogen (secondary N) is 1. The Hall–Kier alpha value is -2.01. The molecule has 2 rings (SSSR count). The molecule has 106 valence electrons. The van der Waals surface area contributed by atoms with Gasteiger partial charge >= 0.3 is 0 Å². The lowest BCUT2D eigenvalue weighted by molar-refractivity contribution is 0.156. The van der Waals surface area contributed by atoms with Gasteiger partial charge in [-0.3, -0.25) is 0 Å². The van der Waals surface area contributed by atoms with Gasteiger partial charge in [-0.1, -0.05) is 19.1 Å². The summed E-state index contributed by atoms with van der Waals surface area (Å²) in [4.78, 5) is 8.38. The summed E-state index contributed by atoms with van der Waals surface area (Å²) in [6.45, 7) is 6.22. The van der Waals surface area contributed by atoms with Crippen LogP contribution in [0.1, 0.15) is 13.3 Å². The molecule has 5 heteroatoms. The second-order valence-electron chi connectivity index (χ2n) is 5.18. The van der Waals surface area contributed by atoms with Crippen molar-refractivity contribution in [3.8, 4) is 0 Å². The Morgan fingerprint density at radius 1 is 1.50 bits per heavy atom. The fraction of sp³-hybridized carbons (Fsp3) is 0.333. The Kier molecular flexibility index (Phi) is 4.29. The Bertz CT molecular complexity index is 617. The van der Waals surface area contributed by atoms with E-state index in [1.54, 1.807) is 18.2 Å². The zero-order valence-corrected chi connectivity index (χ0v) is 11.4. The highest BCUT2D eigenvalue weighted by molar-refractivity contribution is 5.75. The summed E-state index contributed by atoms with van der Waals surface area (Å²) in [5, 5.41) is 12.6. The molecule has 0 amide bonds. The number of hydrogen-bond donors (Lipinski definition) is 2. The maximum atomic E-state index is 13.5. The number of hydrogen-bond acceptors (Lipinski definition) is 4. The third kappa shape index (κ3) is 3.11. The zero-order valence-electron chi connectivity index (χ0n) is 11.4. The molecule has 0 fully saturated rings. The van der Waals surface area contributed by atoms with Crippen LogP contribution in [0.4, 0.5) is 10.2 Å². The van der Waals surface area contributed by atoms with Gasteiger partial charge in [-0.2, -0.15) is 0 Å². The second kappa shape index (κ2) is 5.96. The highest BCUT2D eigenvalue weighted by Gasteiger charge is 2.21. The Morgan fingerprint density at radius 2 is 2.30 bits per heavy atom. The molecule has 0 radical (unpaired) electrons. The van der Waals surface area contributed by atoms with Crippen LogP contribution >= 0.6 is 0 Å². The minimum atomic E-state index is -0.381. The lowest BCUT2D eigenvalue weighted by Gasteiger charge is -2.26. The van der Waals surface area contributed by atoms with Crippen LogP contribution in [0.3, 0.4) is 0 Å². The second-order valence-corrected chi connectivity index (χ2v) is 5.18. The highest BCUT2D eigenvalue weighted by atomic mass is 19.1. The van der Waals surface area contributed by atoms with E-state index in [0.717, 1.165) is 0 Å². The predicted octanol–water partition coefficient (Wildman–Crippen LogP) is 2.76. The number of benzene rings is 1. The molecule has 0 aliphatic heterocycles. The summed E-state index contributed by atoms with van der Waals surface area (Å²) in [5.74, 6) is 0.181. The SMILES string of the molecule is C=CCC(C)(CO)CNc1cnc2c(F)cccc2n1. The Morgan fingerprint density at radius 3 is 3.00 bits per heavy atom. The number of fused-ring (bicyclic) bond motifs is 1. The molecule has 0 spiro atoms. The predicted molar refractivity (Wildman–Crippen MR) is 78.0 cm³/mol. The van der Waals surface area contributed by atoms with E-state index in [1.807, 2.05) is 6.92 Å². The number of allylic oxidation sites excluding steroid dienone is 1. The lowest BCUT2D eigenvalue weighted by Crippen LogP contribution is -2.30. The molecule has 0 saturated heterocycles. The van der Waals surface area contributed by atoms with Gasteiger partial charge in [0.25, 0.3) is 0 Å². The Balaban J connectivity index is 2.16. The number of aliphatic hydroxyl groups is 1. The van der Waals surface area contributed by atoms with Gasteiger partial charge in [0, 0.05) is 12.0 Å². The van der Waals surface area contributed by atoms with Gasteiger partial charge in [-0.05, 0) is 18.6 Å². The third-order valence-electron chi connectivity index (χ3n) is 3.24. The van der Waals surface area contributed by atoms with E-state index in [4.69, 9.17) is 0 Å². The summed E-state index contributed by atoms with van der Waals surface area (Å²) >= 11 is 0. The summed E-state index contributed by atoms with van der Waals surface area (Å²) in [7, 11) is 0. The van der Waals surface area contributed by atoms with E-state index >= 15 is 0 Å². The van der Waals surface area contributed by atoms with Crippen LogP contribution < -0.4 is 5.32 Å². The number of rotatable bonds is 6. The molecule has 1 aromatic carbocycles. The van der Waals surface area contributed by atoms with Crippen LogP contribution in [-0.2, 0) is 0 Å². The van der Waals surface area contributed by atoms with Crippen LogP contribution in [-0.4, -0.2) is 28.2 Å². The molecule has 1 atom stereocenters. The van der Waals surface area contributed by atoms with E-state index in [1.165, 1.54) is 12.3 Å². The first-order chi connectivity index (χ1) is 9.58. The lowest BCUT2D eigenvalue weighted by atomic mass is 9.88. The molecule has 0 saturated carbocycles. The quantitative estimate of drug-likeness (QED) is 0.796. The average molecular weight is 275 g/mol. The van der Waals surface area contributed by atoms with Gasteiger partial charge in [-0.15, -0.1) is 6.58 Å². The summed E-state index contributed by atoms with van der Waals surface area (Å²) in [6.07, 6.45) is 3.96. The van der Waals surface area contributed by atoms with Gasteiger partial charge in [0.1, 0.15) is 11.3 Å². The molecular weight excluding hydrogens is 257 g/mol. The first-order valence-corrected chi connectivity index (χ1v) is 6.45. The van der Waals surface area contributed by atoms with Gasteiger partial charge in [0.2, 0.25) is 0 Å². The highest BCUT2D eigenvalue weighted by Crippen LogP contribution is 2.22. The smallest absolute Gasteiger partial charge is 0.151 e. The molecule has 1 heterocycles. The van der Waals surface area contributed by atoms with Crippen molar-refractivity contribution in [2.75, 3.05) is 18.5 Å².